The summed E-state index contributed by atoms with van der Waals surface area (Å²) in [6, 6.07) is 4.54. The SMILES string of the molecule is CCNC(=NCCN(C)CC(F)(F)F)NC1CCN(c2cccs2)CC1. The molecule has 0 spiro atoms. The summed E-state index contributed by atoms with van der Waals surface area (Å²) in [6.07, 6.45) is -2.15. The van der Waals surface area contributed by atoms with Crippen LogP contribution in [0.2, 0.25) is 0 Å². The first kappa shape index (κ1) is 20.8. The average Bonchev–Trinajstić information content (AvgIpc) is 3.08. The zero-order chi connectivity index (χ0) is 19.0. The minimum atomic E-state index is -4.17. The van der Waals surface area contributed by atoms with Crippen molar-refractivity contribution in [3.63, 3.8) is 0 Å². The van der Waals surface area contributed by atoms with E-state index < -0.39 is 12.7 Å². The van der Waals surface area contributed by atoms with Gasteiger partial charge in [0.25, 0.3) is 0 Å². The van der Waals surface area contributed by atoms with Crippen LogP contribution in [-0.2, 0) is 0 Å². The molecule has 1 aliphatic heterocycles. The van der Waals surface area contributed by atoms with E-state index in [4.69, 9.17) is 0 Å². The van der Waals surface area contributed by atoms with Gasteiger partial charge in [0.05, 0.1) is 18.1 Å². The molecule has 1 aromatic heterocycles. The largest absolute Gasteiger partial charge is 0.401 e. The van der Waals surface area contributed by atoms with Crippen LogP contribution in [0, 0.1) is 0 Å². The molecule has 0 aliphatic carbocycles. The summed E-state index contributed by atoms with van der Waals surface area (Å²) in [7, 11) is 1.46. The van der Waals surface area contributed by atoms with E-state index in [1.165, 1.54) is 16.9 Å². The molecule has 1 aromatic rings. The normalized spacial score (nSPS) is 17.0. The molecule has 9 heteroatoms. The van der Waals surface area contributed by atoms with Crippen molar-refractivity contribution in [1.82, 2.24) is 15.5 Å². The predicted molar refractivity (Wildman–Crippen MR) is 102 cm³/mol. The molecule has 1 aliphatic rings. The first-order valence-corrected chi connectivity index (χ1v) is 9.84. The maximum atomic E-state index is 12.3. The van der Waals surface area contributed by atoms with E-state index in [-0.39, 0.29) is 6.54 Å². The topological polar surface area (TPSA) is 42.9 Å². The molecule has 0 bridgehead atoms. The van der Waals surface area contributed by atoms with Gasteiger partial charge in [0, 0.05) is 32.2 Å². The molecule has 0 aromatic carbocycles. The fraction of sp³-hybridized carbons (Fsp3) is 0.706. The van der Waals surface area contributed by atoms with Crippen molar-refractivity contribution in [1.29, 1.82) is 0 Å². The van der Waals surface area contributed by atoms with Gasteiger partial charge >= 0.3 is 6.18 Å². The number of thiophene rings is 1. The average molecular weight is 392 g/mol. The van der Waals surface area contributed by atoms with Gasteiger partial charge in [0.2, 0.25) is 0 Å². The van der Waals surface area contributed by atoms with Crippen LogP contribution in [0.15, 0.2) is 22.5 Å². The van der Waals surface area contributed by atoms with Gasteiger partial charge in [-0.05, 0) is 44.3 Å². The van der Waals surface area contributed by atoms with E-state index >= 15 is 0 Å². The third-order valence-corrected chi connectivity index (χ3v) is 5.13. The molecule has 0 amide bonds. The summed E-state index contributed by atoms with van der Waals surface area (Å²) in [5.41, 5.74) is 0. The van der Waals surface area contributed by atoms with Crippen molar-refractivity contribution >= 4 is 22.3 Å². The Morgan fingerprint density at radius 1 is 1.38 bits per heavy atom. The van der Waals surface area contributed by atoms with Crippen molar-refractivity contribution < 1.29 is 13.2 Å². The molecule has 0 atom stereocenters. The molecule has 2 rings (SSSR count). The summed E-state index contributed by atoms with van der Waals surface area (Å²) in [4.78, 5) is 8.05. The third-order valence-electron chi connectivity index (χ3n) is 4.20. The summed E-state index contributed by atoms with van der Waals surface area (Å²) in [5, 5.41) is 9.99. The number of rotatable bonds is 7. The summed E-state index contributed by atoms with van der Waals surface area (Å²) in [5.74, 6) is 0.683. The minimum absolute atomic E-state index is 0.271. The lowest BCUT2D eigenvalue weighted by Crippen LogP contribution is -2.48. The van der Waals surface area contributed by atoms with Gasteiger partial charge in [-0.2, -0.15) is 13.2 Å². The van der Waals surface area contributed by atoms with Gasteiger partial charge in [0.15, 0.2) is 5.96 Å². The molecular weight excluding hydrogens is 363 g/mol. The number of alkyl halides is 3. The lowest BCUT2D eigenvalue weighted by molar-refractivity contribution is -0.142. The number of aliphatic imine (C=N–C) groups is 1. The molecule has 1 fully saturated rings. The number of guanidine groups is 1. The minimum Gasteiger partial charge on any atom is -0.363 e. The number of piperidine rings is 1. The van der Waals surface area contributed by atoms with Crippen LogP contribution >= 0.6 is 11.3 Å². The molecule has 0 saturated carbocycles. The number of nitrogens with one attached hydrogen (secondary N) is 2. The Kier molecular flexibility index (Phi) is 8.02. The zero-order valence-electron chi connectivity index (χ0n) is 15.4. The maximum absolute atomic E-state index is 12.3. The van der Waals surface area contributed by atoms with Crippen LogP contribution in [0.25, 0.3) is 0 Å². The first-order valence-electron chi connectivity index (χ1n) is 8.96. The second-order valence-electron chi connectivity index (χ2n) is 6.47. The molecular formula is C17H28F3N5S. The summed E-state index contributed by atoms with van der Waals surface area (Å²) < 4.78 is 37.0. The smallest absolute Gasteiger partial charge is 0.363 e. The Balaban J connectivity index is 1.77. The quantitative estimate of drug-likeness (QED) is 0.554. The van der Waals surface area contributed by atoms with E-state index in [0.29, 0.717) is 18.5 Å². The van der Waals surface area contributed by atoms with E-state index in [2.05, 4.69) is 38.0 Å². The number of hydrogen-bond donors (Lipinski definition) is 2. The highest BCUT2D eigenvalue weighted by molar-refractivity contribution is 7.14. The van der Waals surface area contributed by atoms with E-state index in [0.717, 1.165) is 32.5 Å². The Bertz CT molecular complexity index is 539. The summed E-state index contributed by atoms with van der Waals surface area (Å²) in [6.45, 7) is 4.37. The molecule has 148 valence electrons. The number of halogens is 3. The van der Waals surface area contributed by atoms with Crippen molar-refractivity contribution in [2.45, 2.75) is 32.0 Å². The van der Waals surface area contributed by atoms with E-state index in [1.807, 2.05) is 6.92 Å². The van der Waals surface area contributed by atoms with Crippen LogP contribution < -0.4 is 15.5 Å². The Hall–Kier alpha value is -1.48. The molecule has 26 heavy (non-hydrogen) atoms. The molecule has 2 heterocycles. The predicted octanol–water partition coefficient (Wildman–Crippen LogP) is 2.77. The number of nitrogens with zero attached hydrogens (tertiary/aromatic N) is 3. The molecule has 1 saturated heterocycles. The number of hydrogen-bond acceptors (Lipinski definition) is 4. The second-order valence-corrected chi connectivity index (χ2v) is 7.40. The molecule has 0 radical (unpaired) electrons. The van der Waals surface area contributed by atoms with Gasteiger partial charge in [-0.15, -0.1) is 11.3 Å². The van der Waals surface area contributed by atoms with Crippen LogP contribution in [-0.4, -0.2) is 69.4 Å². The highest BCUT2D eigenvalue weighted by Crippen LogP contribution is 2.24. The van der Waals surface area contributed by atoms with Crippen molar-refractivity contribution in [2.75, 3.05) is 51.2 Å². The molecule has 5 nitrogen and oxygen atoms in total. The maximum Gasteiger partial charge on any atom is 0.401 e. The van der Waals surface area contributed by atoms with Gasteiger partial charge in [-0.25, -0.2) is 0 Å². The Morgan fingerprint density at radius 3 is 2.69 bits per heavy atom. The fourth-order valence-corrected chi connectivity index (χ4v) is 3.71. The van der Waals surface area contributed by atoms with Crippen LogP contribution in [0.3, 0.4) is 0 Å². The van der Waals surface area contributed by atoms with Crippen LogP contribution in [0.4, 0.5) is 18.2 Å². The number of likely N-dealkylation sites (N-methyl/N-ethyl adjacent to an activating group) is 1. The van der Waals surface area contributed by atoms with Crippen molar-refractivity contribution in [3.8, 4) is 0 Å². The molecule has 2 N–H and O–H groups in total. The van der Waals surface area contributed by atoms with Gasteiger partial charge in [-0.1, -0.05) is 0 Å². The lowest BCUT2D eigenvalue weighted by Gasteiger charge is -2.33. The van der Waals surface area contributed by atoms with Crippen molar-refractivity contribution in [2.24, 2.45) is 4.99 Å². The number of anilines is 1. The van der Waals surface area contributed by atoms with Crippen LogP contribution in [0.5, 0.6) is 0 Å². The monoisotopic (exact) mass is 391 g/mol. The van der Waals surface area contributed by atoms with E-state index in [9.17, 15) is 13.2 Å². The van der Waals surface area contributed by atoms with Gasteiger partial charge < -0.3 is 15.5 Å². The van der Waals surface area contributed by atoms with Gasteiger partial charge in [0.1, 0.15) is 0 Å². The zero-order valence-corrected chi connectivity index (χ0v) is 16.2. The molecule has 0 unspecified atom stereocenters. The van der Waals surface area contributed by atoms with Crippen LogP contribution in [0.1, 0.15) is 19.8 Å². The lowest BCUT2D eigenvalue weighted by atomic mass is 10.1. The summed E-state index contributed by atoms with van der Waals surface area (Å²) >= 11 is 1.75. The first-order chi connectivity index (χ1) is 12.4. The highest BCUT2D eigenvalue weighted by atomic mass is 32.1. The Labute approximate surface area is 157 Å². The fourth-order valence-electron chi connectivity index (χ4n) is 2.93. The standard InChI is InChI=1S/C17H28F3N5S/c1-3-21-16(22-8-11-24(2)13-17(18,19)20)23-14-6-9-25(10-7-14)15-5-4-12-26-15/h4-5,12,14H,3,6-11,13H2,1-2H3,(H2,21,22,23). The Morgan fingerprint density at radius 2 is 2.12 bits per heavy atom. The van der Waals surface area contributed by atoms with Gasteiger partial charge in [-0.3, -0.25) is 9.89 Å². The third kappa shape index (κ3) is 7.41. The highest BCUT2D eigenvalue weighted by Gasteiger charge is 2.28. The second kappa shape index (κ2) is 10.0. The van der Waals surface area contributed by atoms with E-state index in [1.54, 1.807) is 11.3 Å². The van der Waals surface area contributed by atoms with Crippen molar-refractivity contribution in [3.05, 3.63) is 17.5 Å².